The van der Waals surface area contributed by atoms with Gasteiger partial charge in [0.25, 0.3) is 5.91 Å². The van der Waals surface area contributed by atoms with Gasteiger partial charge in [0.2, 0.25) is 5.91 Å². The molecule has 7 nitrogen and oxygen atoms in total. The van der Waals surface area contributed by atoms with E-state index in [-0.39, 0.29) is 17.9 Å². The van der Waals surface area contributed by atoms with Gasteiger partial charge in [-0.05, 0) is 49.9 Å². The highest BCUT2D eigenvalue weighted by Crippen LogP contribution is 2.32. The molecule has 2 aliphatic heterocycles. The van der Waals surface area contributed by atoms with E-state index < -0.39 is 0 Å². The minimum Gasteiger partial charge on any atom is -0.352 e. The maximum absolute atomic E-state index is 12.9. The summed E-state index contributed by atoms with van der Waals surface area (Å²) in [5.74, 6) is 1.89. The topological polar surface area (TPSA) is 80.1 Å². The van der Waals surface area contributed by atoms with E-state index in [1.807, 2.05) is 17.0 Å². The van der Waals surface area contributed by atoms with E-state index in [9.17, 15) is 9.59 Å². The fraction of sp³-hybridized carbons (Fsp3) is 0.524. The SMILES string of the molecule is O=C(NCCC(=O)N1CCCC1c1nnc2n1CCCCC2)c1ccc(Br)cc1. The molecule has 29 heavy (non-hydrogen) atoms. The molecule has 8 heteroatoms. The van der Waals surface area contributed by atoms with Crippen molar-refractivity contribution in [1.82, 2.24) is 25.0 Å². The van der Waals surface area contributed by atoms with Crippen LogP contribution in [-0.2, 0) is 17.8 Å². The molecule has 2 aliphatic rings. The monoisotopic (exact) mass is 459 g/mol. The second kappa shape index (κ2) is 9.07. The first-order chi connectivity index (χ1) is 14.1. The quantitative estimate of drug-likeness (QED) is 0.743. The van der Waals surface area contributed by atoms with E-state index in [0.717, 1.165) is 61.3 Å². The van der Waals surface area contributed by atoms with Gasteiger partial charge >= 0.3 is 0 Å². The largest absolute Gasteiger partial charge is 0.352 e. The summed E-state index contributed by atoms with van der Waals surface area (Å²) in [6.45, 7) is 2.01. The number of hydrogen-bond donors (Lipinski definition) is 1. The third kappa shape index (κ3) is 4.52. The lowest BCUT2D eigenvalue weighted by molar-refractivity contribution is -0.132. The number of carbonyl (C=O) groups excluding carboxylic acids is 2. The fourth-order valence-corrected chi connectivity index (χ4v) is 4.48. The summed E-state index contributed by atoms with van der Waals surface area (Å²) in [4.78, 5) is 27.0. The number of nitrogens with one attached hydrogen (secondary N) is 1. The number of benzene rings is 1. The summed E-state index contributed by atoms with van der Waals surface area (Å²) in [6.07, 6.45) is 6.67. The first-order valence-electron chi connectivity index (χ1n) is 10.4. The van der Waals surface area contributed by atoms with Crippen LogP contribution in [0, 0.1) is 0 Å². The van der Waals surface area contributed by atoms with Crippen LogP contribution in [0.2, 0.25) is 0 Å². The zero-order chi connectivity index (χ0) is 20.2. The van der Waals surface area contributed by atoms with E-state index in [2.05, 4.69) is 36.0 Å². The summed E-state index contributed by atoms with van der Waals surface area (Å²) < 4.78 is 3.16. The molecule has 1 fully saturated rings. The Balaban J connectivity index is 1.35. The van der Waals surface area contributed by atoms with Crippen molar-refractivity contribution in [2.45, 2.75) is 57.5 Å². The lowest BCUT2D eigenvalue weighted by Gasteiger charge is -2.25. The molecule has 1 aromatic heterocycles. The van der Waals surface area contributed by atoms with Gasteiger partial charge in [-0.25, -0.2) is 0 Å². The van der Waals surface area contributed by atoms with Crippen LogP contribution in [0.15, 0.2) is 28.7 Å². The van der Waals surface area contributed by atoms with Gasteiger partial charge in [-0.15, -0.1) is 10.2 Å². The van der Waals surface area contributed by atoms with E-state index in [0.29, 0.717) is 18.5 Å². The van der Waals surface area contributed by atoms with Crippen LogP contribution in [0.25, 0.3) is 0 Å². The lowest BCUT2D eigenvalue weighted by Crippen LogP contribution is -2.35. The van der Waals surface area contributed by atoms with Crippen LogP contribution in [0.5, 0.6) is 0 Å². The summed E-state index contributed by atoms with van der Waals surface area (Å²) >= 11 is 3.36. The molecule has 0 spiro atoms. The average molecular weight is 460 g/mol. The molecule has 1 unspecified atom stereocenters. The highest BCUT2D eigenvalue weighted by Gasteiger charge is 2.34. The zero-order valence-corrected chi connectivity index (χ0v) is 18.0. The molecule has 154 valence electrons. The fourth-order valence-electron chi connectivity index (χ4n) is 4.22. The third-order valence-corrected chi connectivity index (χ3v) is 6.27. The first kappa shape index (κ1) is 20.1. The summed E-state index contributed by atoms with van der Waals surface area (Å²) in [5.41, 5.74) is 0.589. The predicted molar refractivity (Wildman–Crippen MR) is 112 cm³/mol. The van der Waals surface area contributed by atoms with E-state index in [4.69, 9.17) is 0 Å². The van der Waals surface area contributed by atoms with Crippen LogP contribution in [0.4, 0.5) is 0 Å². The Hall–Kier alpha value is -2.22. The van der Waals surface area contributed by atoms with Crippen LogP contribution in [0.3, 0.4) is 0 Å². The van der Waals surface area contributed by atoms with Crippen LogP contribution >= 0.6 is 15.9 Å². The molecule has 1 N–H and O–H groups in total. The van der Waals surface area contributed by atoms with Gasteiger partial charge < -0.3 is 14.8 Å². The molecule has 2 aromatic rings. The molecule has 0 saturated carbocycles. The number of fused-ring (bicyclic) bond motifs is 1. The zero-order valence-electron chi connectivity index (χ0n) is 16.4. The van der Waals surface area contributed by atoms with Crippen molar-refractivity contribution >= 4 is 27.7 Å². The van der Waals surface area contributed by atoms with Crippen LogP contribution in [-0.4, -0.2) is 44.6 Å². The Labute approximate surface area is 179 Å². The molecule has 1 saturated heterocycles. The summed E-state index contributed by atoms with van der Waals surface area (Å²) in [5, 5.41) is 11.7. The standard InChI is InChI=1S/C21H26BrN5O2/c22-16-9-7-15(8-10-16)21(29)23-12-11-19(28)26-14-4-5-17(26)20-25-24-18-6-2-1-3-13-27(18)20/h7-10,17H,1-6,11-14H2,(H,23,29). The summed E-state index contributed by atoms with van der Waals surface area (Å²) in [7, 11) is 0. The molecule has 0 bridgehead atoms. The van der Waals surface area contributed by atoms with Crippen molar-refractivity contribution in [1.29, 1.82) is 0 Å². The molecule has 3 heterocycles. The molecular weight excluding hydrogens is 434 g/mol. The molecule has 2 amide bonds. The Morgan fingerprint density at radius 1 is 1.07 bits per heavy atom. The van der Waals surface area contributed by atoms with Gasteiger partial charge in [-0.2, -0.15) is 0 Å². The Morgan fingerprint density at radius 2 is 1.90 bits per heavy atom. The third-order valence-electron chi connectivity index (χ3n) is 5.74. The molecule has 1 aromatic carbocycles. The number of rotatable bonds is 5. The van der Waals surface area contributed by atoms with Gasteiger partial charge in [-0.1, -0.05) is 22.4 Å². The van der Waals surface area contributed by atoms with Gasteiger partial charge in [-0.3, -0.25) is 9.59 Å². The van der Waals surface area contributed by atoms with Crippen molar-refractivity contribution in [3.63, 3.8) is 0 Å². The van der Waals surface area contributed by atoms with Crippen molar-refractivity contribution in [3.8, 4) is 0 Å². The second-order valence-corrected chi connectivity index (χ2v) is 8.61. The lowest BCUT2D eigenvalue weighted by atomic mass is 10.2. The molecule has 0 radical (unpaired) electrons. The number of aryl methyl sites for hydroxylation is 1. The van der Waals surface area contributed by atoms with Crippen molar-refractivity contribution in [3.05, 3.63) is 46.0 Å². The highest BCUT2D eigenvalue weighted by molar-refractivity contribution is 9.10. The molecule has 1 atom stereocenters. The van der Waals surface area contributed by atoms with Gasteiger partial charge in [0, 0.05) is 42.5 Å². The maximum atomic E-state index is 12.9. The number of carbonyl (C=O) groups is 2. The molecular formula is C21H26BrN5O2. The molecule has 0 aliphatic carbocycles. The highest BCUT2D eigenvalue weighted by atomic mass is 79.9. The van der Waals surface area contributed by atoms with Gasteiger partial charge in [0.15, 0.2) is 5.82 Å². The Kier molecular flexibility index (Phi) is 6.28. The van der Waals surface area contributed by atoms with Crippen molar-refractivity contribution in [2.75, 3.05) is 13.1 Å². The van der Waals surface area contributed by atoms with Crippen molar-refractivity contribution < 1.29 is 9.59 Å². The van der Waals surface area contributed by atoms with Crippen molar-refractivity contribution in [2.24, 2.45) is 0 Å². The minimum absolute atomic E-state index is 0.00373. The maximum Gasteiger partial charge on any atom is 0.251 e. The van der Waals surface area contributed by atoms with E-state index in [1.165, 1.54) is 6.42 Å². The number of halogens is 1. The second-order valence-electron chi connectivity index (χ2n) is 7.69. The van der Waals surface area contributed by atoms with Crippen LogP contribution in [0.1, 0.15) is 66.6 Å². The average Bonchev–Trinajstić information content (AvgIpc) is 3.29. The number of nitrogens with zero attached hydrogens (tertiary/aromatic N) is 4. The first-order valence-corrected chi connectivity index (χ1v) is 11.2. The number of amides is 2. The molecule has 4 rings (SSSR count). The number of aromatic nitrogens is 3. The van der Waals surface area contributed by atoms with E-state index in [1.54, 1.807) is 12.1 Å². The van der Waals surface area contributed by atoms with Gasteiger partial charge in [0.1, 0.15) is 5.82 Å². The smallest absolute Gasteiger partial charge is 0.251 e. The number of hydrogen-bond acceptors (Lipinski definition) is 4. The summed E-state index contributed by atoms with van der Waals surface area (Å²) in [6, 6.07) is 7.18. The van der Waals surface area contributed by atoms with E-state index >= 15 is 0 Å². The Morgan fingerprint density at radius 3 is 2.72 bits per heavy atom. The van der Waals surface area contributed by atoms with Crippen LogP contribution < -0.4 is 5.32 Å². The minimum atomic E-state index is -0.161. The van der Waals surface area contributed by atoms with Gasteiger partial charge in [0.05, 0.1) is 6.04 Å². The number of likely N-dealkylation sites (tertiary alicyclic amines) is 1. The Bertz CT molecular complexity index is 880. The predicted octanol–water partition coefficient (Wildman–Crippen LogP) is 3.25. The normalized spacial score (nSPS) is 18.9.